The topological polar surface area (TPSA) is 54.2 Å². The highest BCUT2D eigenvalue weighted by atomic mass is 15.2. The fourth-order valence-electron chi connectivity index (χ4n) is 2.81. The average molecular weight is 248 g/mol. The molecule has 0 aromatic carbocycles. The lowest BCUT2D eigenvalue weighted by molar-refractivity contribution is 0.226. The molecular weight excluding hydrogens is 224 g/mol. The zero-order valence-electron chi connectivity index (χ0n) is 11.2. The Hall–Kier alpha value is -1.13. The van der Waals surface area contributed by atoms with Crippen molar-refractivity contribution in [2.45, 2.75) is 38.6 Å². The molecule has 1 aromatic rings. The minimum absolute atomic E-state index is 0.875. The summed E-state index contributed by atoms with van der Waals surface area (Å²) in [5.41, 5.74) is 4.66. The summed E-state index contributed by atoms with van der Waals surface area (Å²) in [6, 6.07) is 3.89. The van der Waals surface area contributed by atoms with E-state index in [1.165, 1.54) is 38.6 Å². The molecule has 100 valence electrons. The number of rotatable bonds is 5. The third kappa shape index (κ3) is 3.96. The number of nitrogen functional groups attached to an aromatic ring is 1. The minimum atomic E-state index is 0.875. The third-order valence-corrected chi connectivity index (χ3v) is 3.71. The van der Waals surface area contributed by atoms with Crippen LogP contribution in [-0.2, 0) is 6.54 Å². The molecule has 3 N–H and O–H groups in total. The van der Waals surface area contributed by atoms with Gasteiger partial charge in [-0.05, 0) is 37.9 Å². The number of hydrogen-bond acceptors (Lipinski definition) is 4. The fraction of sp³-hybridized carbons (Fsp3) is 0.643. The molecule has 0 atom stereocenters. The highest BCUT2D eigenvalue weighted by molar-refractivity contribution is 5.41. The molecular formula is C14H24N4. The predicted molar refractivity (Wildman–Crippen MR) is 75.0 cm³/mol. The van der Waals surface area contributed by atoms with Gasteiger partial charge < -0.3 is 10.3 Å². The average Bonchev–Trinajstić information content (AvgIpc) is 2.40. The van der Waals surface area contributed by atoms with Gasteiger partial charge in [0.1, 0.15) is 0 Å². The maximum Gasteiger partial charge on any atom is 0.0564 e. The lowest BCUT2D eigenvalue weighted by Gasteiger charge is -2.26. The molecule has 1 aliphatic rings. The summed E-state index contributed by atoms with van der Waals surface area (Å²) in [4.78, 5) is 6.76. The van der Waals surface area contributed by atoms with Gasteiger partial charge in [-0.2, -0.15) is 0 Å². The highest BCUT2D eigenvalue weighted by Gasteiger charge is 2.15. The maximum atomic E-state index is 5.41. The fourth-order valence-corrected chi connectivity index (χ4v) is 2.81. The molecule has 1 aromatic heterocycles. The van der Waals surface area contributed by atoms with Crippen LogP contribution >= 0.6 is 0 Å². The predicted octanol–water partition coefficient (Wildman–Crippen LogP) is 2.38. The minimum Gasteiger partial charge on any atom is -0.324 e. The second-order valence-electron chi connectivity index (χ2n) is 5.38. The summed E-state index contributed by atoms with van der Waals surface area (Å²) < 4.78 is 0. The van der Waals surface area contributed by atoms with E-state index in [0.29, 0.717) is 0 Å². The van der Waals surface area contributed by atoms with E-state index in [2.05, 4.69) is 22.4 Å². The van der Waals surface area contributed by atoms with Crippen LogP contribution in [-0.4, -0.2) is 23.5 Å². The molecule has 18 heavy (non-hydrogen) atoms. The van der Waals surface area contributed by atoms with Gasteiger partial charge in [0.05, 0.1) is 11.4 Å². The van der Waals surface area contributed by atoms with Crippen molar-refractivity contribution >= 4 is 5.69 Å². The normalized spacial score (nSPS) is 17.1. The standard InChI is InChI=1S/C14H24N4/c1-18(10-12-5-3-2-4-6-12)11-14-9-13(17-15)7-8-16-14/h7-9,12H,2-6,10-11,15H2,1H3,(H,16,17). The Kier molecular flexibility index (Phi) is 4.96. The van der Waals surface area contributed by atoms with E-state index in [1.807, 2.05) is 12.1 Å². The molecule has 2 rings (SSSR count). The Labute approximate surface area is 110 Å². The van der Waals surface area contributed by atoms with Crippen molar-refractivity contribution in [3.63, 3.8) is 0 Å². The first-order valence-corrected chi connectivity index (χ1v) is 6.88. The van der Waals surface area contributed by atoms with Gasteiger partial charge in [0.25, 0.3) is 0 Å². The summed E-state index contributed by atoms with van der Waals surface area (Å²) >= 11 is 0. The third-order valence-electron chi connectivity index (χ3n) is 3.71. The zero-order chi connectivity index (χ0) is 12.8. The molecule has 1 aliphatic carbocycles. The van der Waals surface area contributed by atoms with E-state index in [9.17, 15) is 0 Å². The number of nitrogens with one attached hydrogen (secondary N) is 1. The second kappa shape index (κ2) is 6.71. The van der Waals surface area contributed by atoms with Crippen LogP contribution in [0, 0.1) is 5.92 Å². The van der Waals surface area contributed by atoms with Crippen molar-refractivity contribution in [2.75, 3.05) is 19.0 Å². The summed E-state index contributed by atoms with van der Waals surface area (Å²) in [7, 11) is 2.18. The Morgan fingerprint density at radius 1 is 1.39 bits per heavy atom. The molecule has 0 unspecified atom stereocenters. The lowest BCUT2D eigenvalue weighted by atomic mass is 9.89. The molecule has 4 heteroatoms. The van der Waals surface area contributed by atoms with Crippen molar-refractivity contribution in [1.82, 2.24) is 9.88 Å². The number of hydrazine groups is 1. The van der Waals surface area contributed by atoms with Gasteiger partial charge in [-0.15, -0.1) is 0 Å². The van der Waals surface area contributed by atoms with Gasteiger partial charge in [-0.3, -0.25) is 10.8 Å². The second-order valence-corrected chi connectivity index (χ2v) is 5.38. The maximum absolute atomic E-state index is 5.41. The van der Waals surface area contributed by atoms with Gasteiger partial charge in [0.2, 0.25) is 0 Å². The van der Waals surface area contributed by atoms with Gasteiger partial charge in [0, 0.05) is 19.3 Å². The zero-order valence-corrected chi connectivity index (χ0v) is 11.2. The molecule has 0 aliphatic heterocycles. The Balaban J connectivity index is 1.83. The van der Waals surface area contributed by atoms with E-state index in [4.69, 9.17) is 5.84 Å². The van der Waals surface area contributed by atoms with Gasteiger partial charge in [0.15, 0.2) is 0 Å². The first-order valence-electron chi connectivity index (χ1n) is 6.88. The number of anilines is 1. The first-order chi connectivity index (χ1) is 8.78. The smallest absolute Gasteiger partial charge is 0.0564 e. The largest absolute Gasteiger partial charge is 0.324 e. The van der Waals surface area contributed by atoms with Crippen molar-refractivity contribution < 1.29 is 0 Å². The van der Waals surface area contributed by atoms with Crippen molar-refractivity contribution in [3.8, 4) is 0 Å². The lowest BCUT2D eigenvalue weighted by Crippen LogP contribution is -2.27. The van der Waals surface area contributed by atoms with Crippen LogP contribution < -0.4 is 11.3 Å². The molecule has 0 amide bonds. The number of nitrogens with zero attached hydrogens (tertiary/aromatic N) is 2. The van der Waals surface area contributed by atoms with Crippen LogP contribution in [0.15, 0.2) is 18.3 Å². The van der Waals surface area contributed by atoms with E-state index in [1.54, 1.807) is 6.20 Å². The monoisotopic (exact) mass is 248 g/mol. The van der Waals surface area contributed by atoms with Crippen molar-refractivity contribution in [2.24, 2.45) is 11.8 Å². The van der Waals surface area contributed by atoms with Crippen LogP contribution in [0.5, 0.6) is 0 Å². The Morgan fingerprint density at radius 2 is 2.17 bits per heavy atom. The first kappa shape index (κ1) is 13.3. The SMILES string of the molecule is CN(Cc1cc(NN)ccn1)CC1CCCCC1. The molecule has 1 heterocycles. The van der Waals surface area contributed by atoms with Crippen molar-refractivity contribution in [1.29, 1.82) is 0 Å². The van der Waals surface area contributed by atoms with Gasteiger partial charge in [-0.25, -0.2) is 0 Å². The molecule has 1 saturated carbocycles. The molecule has 0 bridgehead atoms. The van der Waals surface area contributed by atoms with Crippen LogP contribution in [0.3, 0.4) is 0 Å². The summed E-state index contributed by atoms with van der Waals surface area (Å²) in [5.74, 6) is 6.28. The van der Waals surface area contributed by atoms with E-state index in [-0.39, 0.29) is 0 Å². The van der Waals surface area contributed by atoms with Gasteiger partial charge in [-0.1, -0.05) is 19.3 Å². The number of nitrogens with two attached hydrogens (primary N) is 1. The molecule has 0 spiro atoms. The van der Waals surface area contributed by atoms with Crippen LogP contribution in [0.1, 0.15) is 37.8 Å². The quantitative estimate of drug-likeness (QED) is 0.620. The molecule has 1 fully saturated rings. The number of pyridine rings is 1. The molecule has 4 nitrogen and oxygen atoms in total. The van der Waals surface area contributed by atoms with Crippen LogP contribution in [0.2, 0.25) is 0 Å². The van der Waals surface area contributed by atoms with E-state index in [0.717, 1.165) is 23.8 Å². The Morgan fingerprint density at radius 3 is 2.89 bits per heavy atom. The van der Waals surface area contributed by atoms with E-state index >= 15 is 0 Å². The van der Waals surface area contributed by atoms with Crippen molar-refractivity contribution in [3.05, 3.63) is 24.0 Å². The number of hydrogen-bond donors (Lipinski definition) is 2. The van der Waals surface area contributed by atoms with E-state index < -0.39 is 0 Å². The molecule has 0 saturated heterocycles. The van der Waals surface area contributed by atoms with Crippen LogP contribution in [0.4, 0.5) is 5.69 Å². The summed E-state index contributed by atoms with van der Waals surface area (Å²) in [5, 5.41) is 0. The van der Waals surface area contributed by atoms with Gasteiger partial charge >= 0.3 is 0 Å². The summed E-state index contributed by atoms with van der Waals surface area (Å²) in [6.45, 7) is 2.08. The Bertz CT molecular complexity index is 361. The molecule has 0 radical (unpaired) electrons. The highest BCUT2D eigenvalue weighted by Crippen LogP contribution is 2.24. The number of aromatic nitrogens is 1. The summed E-state index contributed by atoms with van der Waals surface area (Å²) in [6.07, 6.45) is 8.82. The van der Waals surface area contributed by atoms with Crippen LogP contribution in [0.25, 0.3) is 0 Å².